The molecule has 4 heteroatoms. The molecular formula is C18H33N3O. The zero-order valence-electron chi connectivity index (χ0n) is 14.4. The lowest BCUT2D eigenvalue weighted by molar-refractivity contribution is -0.123. The lowest BCUT2D eigenvalue weighted by Crippen LogP contribution is -2.54. The van der Waals surface area contributed by atoms with Crippen molar-refractivity contribution in [1.82, 2.24) is 15.5 Å². The third kappa shape index (κ3) is 3.65. The molecule has 2 saturated heterocycles. The fourth-order valence-electron chi connectivity index (χ4n) is 4.93. The molecule has 4 nitrogen and oxygen atoms in total. The van der Waals surface area contributed by atoms with Gasteiger partial charge < -0.3 is 15.5 Å². The molecule has 0 aromatic rings. The average Bonchev–Trinajstić information content (AvgIpc) is 2.85. The van der Waals surface area contributed by atoms with E-state index in [1.165, 1.54) is 57.8 Å². The van der Waals surface area contributed by atoms with Crippen LogP contribution >= 0.6 is 0 Å². The van der Waals surface area contributed by atoms with Gasteiger partial charge in [-0.25, -0.2) is 0 Å². The van der Waals surface area contributed by atoms with Gasteiger partial charge in [-0.05, 0) is 58.5 Å². The number of carbonyl (C=O) groups is 1. The second-order valence-corrected chi connectivity index (χ2v) is 8.14. The molecule has 1 saturated carbocycles. The van der Waals surface area contributed by atoms with Crippen LogP contribution < -0.4 is 10.6 Å². The van der Waals surface area contributed by atoms with E-state index in [1.54, 1.807) is 0 Å². The molecular weight excluding hydrogens is 274 g/mol. The number of rotatable bonds is 5. The van der Waals surface area contributed by atoms with Crippen LogP contribution in [0.3, 0.4) is 0 Å². The Morgan fingerprint density at radius 2 is 1.77 bits per heavy atom. The first-order valence-electron chi connectivity index (χ1n) is 9.28. The Morgan fingerprint density at radius 1 is 1.14 bits per heavy atom. The summed E-state index contributed by atoms with van der Waals surface area (Å²) in [5.41, 5.74) is 0.195. The van der Waals surface area contributed by atoms with Gasteiger partial charge in [0.15, 0.2) is 0 Å². The molecule has 2 aliphatic heterocycles. The van der Waals surface area contributed by atoms with Crippen LogP contribution in [0.25, 0.3) is 0 Å². The molecule has 2 N–H and O–H groups in total. The van der Waals surface area contributed by atoms with Gasteiger partial charge in [0, 0.05) is 30.6 Å². The number of amides is 1. The molecule has 0 radical (unpaired) electrons. The largest absolute Gasteiger partial charge is 0.354 e. The van der Waals surface area contributed by atoms with E-state index in [1.807, 2.05) is 0 Å². The van der Waals surface area contributed by atoms with Crippen molar-refractivity contribution in [1.29, 1.82) is 0 Å². The average molecular weight is 307 g/mol. The minimum absolute atomic E-state index is 0.195. The zero-order chi connectivity index (χ0) is 15.6. The third-order valence-corrected chi connectivity index (χ3v) is 6.39. The van der Waals surface area contributed by atoms with Crippen LogP contribution in [0.15, 0.2) is 0 Å². The molecule has 3 fully saturated rings. The normalized spacial score (nSPS) is 33.9. The molecule has 0 aromatic carbocycles. The van der Waals surface area contributed by atoms with E-state index in [2.05, 4.69) is 29.6 Å². The first kappa shape index (κ1) is 16.3. The zero-order valence-corrected chi connectivity index (χ0v) is 14.4. The van der Waals surface area contributed by atoms with Crippen molar-refractivity contribution in [3.8, 4) is 0 Å². The van der Waals surface area contributed by atoms with E-state index in [9.17, 15) is 4.79 Å². The van der Waals surface area contributed by atoms with Gasteiger partial charge in [-0.3, -0.25) is 4.79 Å². The number of nitrogens with one attached hydrogen (secondary N) is 2. The summed E-state index contributed by atoms with van der Waals surface area (Å²) in [7, 11) is 4.34. The highest BCUT2D eigenvalue weighted by atomic mass is 16.1. The topological polar surface area (TPSA) is 44.4 Å². The number of carbonyl (C=O) groups excluding carboxylic acids is 1. The highest BCUT2D eigenvalue weighted by molar-refractivity contribution is 5.76. The van der Waals surface area contributed by atoms with Gasteiger partial charge >= 0.3 is 0 Å². The van der Waals surface area contributed by atoms with E-state index in [4.69, 9.17) is 0 Å². The maximum Gasteiger partial charge on any atom is 0.220 e. The lowest BCUT2D eigenvalue weighted by atomic mass is 9.80. The quantitative estimate of drug-likeness (QED) is 0.819. The summed E-state index contributed by atoms with van der Waals surface area (Å²) in [6.45, 7) is 0.830. The predicted octanol–water partition coefficient (Wildman–Crippen LogP) is 2.29. The van der Waals surface area contributed by atoms with Gasteiger partial charge in [0.2, 0.25) is 5.91 Å². The molecule has 2 heterocycles. The molecule has 22 heavy (non-hydrogen) atoms. The Morgan fingerprint density at radius 3 is 2.36 bits per heavy atom. The molecule has 126 valence electrons. The van der Waals surface area contributed by atoms with Gasteiger partial charge in [0.05, 0.1) is 0 Å². The second-order valence-electron chi connectivity index (χ2n) is 8.14. The molecule has 3 rings (SSSR count). The van der Waals surface area contributed by atoms with Crippen molar-refractivity contribution in [3.05, 3.63) is 0 Å². The van der Waals surface area contributed by atoms with Crippen LogP contribution in [0.4, 0.5) is 0 Å². The van der Waals surface area contributed by atoms with Crippen LogP contribution in [-0.4, -0.2) is 49.1 Å². The van der Waals surface area contributed by atoms with Gasteiger partial charge in [-0.15, -0.1) is 0 Å². The summed E-state index contributed by atoms with van der Waals surface area (Å²) >= 11 is 0. The summed E-state index contributed by atoms with van der Waals surface area (Å²) in [5, 5.41) is 6.93. The standard InChI is InChI=1S/C18H33N3O/c1-21(2)18(8-4-3-5-9-18)13-19-17(22)12-14-10-15-6-7-16(11-14)20-15/h14-16,20H,3-13H2,1-2H3,(H,19,22). The summed E-state index contributed by atoms with van der Waals surface area (Å²) in [6.07, 6.45) is 12.1. The van der Waals surface area contributed by atoms with Crippen molar-refractivity contribution in [2.75, 3.05) is 20.6 Å². The monoisotopic (exact) mass is 307 g/mol. The molecule has 0 aromatic heterocycles. The summed E-state index contributed by atoms with van der Waals surface area (Å²) in [4.78, 5) is 14.7. The number of fused-ring (bicyclic) bond motifs is 2. The molecule has 2 unspecified atom stereocenters. The van der Waals surface area contributed by atoms with Crippen LogP contribution in [0.2, 0.25) is 0 Å². The molecule has 2 atom stereocenters. The first-order chi connectivity index (χ1) is 10.6. The number of piperidine rings is 1. The van der Waals surface area contributed by atoms with Crippen LogP contribution in [-0.2, 0) is 4.79 Å². The Hall–Kier alpha value is -0.610. The molecule has 1 amide bonds. The molecule has 0 spiro atoms. The molecule has 1 aliphatic carbocycles. The third-order valence-electron chi connectivity index (χ3n) is 6.39. The summed E-state index contributed by atoms with van der Waals surface area (Å²) in [6, 6.07) is 1.37. The lowest BCUT2D eigenvalue weighted by Gasteiger charge is -2.43. The van der Waals surface area contributed by atoms with Crippen molar-refractivity contribution in [2.24, 2.45) is 5.92 Å². The van der Waals surface area contributed by atoms with Gasteiger partial charge in [0.1, 0.15) is 0 Å². The Balaban J connectivity index is 1.47. The van der Waals surface area contributed by atoms with Gasteiger partial charge in [-0.1, -0.05) is 19.3 Å². The summed E-state index contributed by atoms with van der Waals surface area (Å²) in [5.74, 6) is 0.874. The van der Waals surface area contributed by atoms with Crippen LogP contribution in [0.5, 0.6) is 0 Å². The van der Waals surface area contributed by atoms with E-state index in [0.717, 1.165) is 13.0 Å². The minimum atomic E-state index is 0.195. The first-order valence-corrected chi connectivity index (χ1v) is 9.28. The Labute approximate surface area is 135 Å². The second kappa shape index (κ2) is 6.88. The smallest absolute Gasteiger partial charge is 0.220 e. The van der Waals surface area contributed by atoms with E-state index in [-0.39, 0.29) is 11.4 Å². The number of hydrogen-bond donors (Lipinski definition) is 2. The fraction of sp³-hybridized carbons (Fsp3) is 0.944. The van der Waals surface area contributed by atoms with Crippen molar-refractivity contribution < 1.29 is 4.79 Å². The Kier molecular flexibility index (Phi) is 5.08. The van der Waals surface area contributed by atoms with E-state index in [0.29, 0.717) is 18.0 Å². The number of nitrogens with zero attached hydrogens (tertiary/aromatic N) is 1. The maximum absolute atomic E-state index is 12.4. The predicted molar refractivity (Wildman–Crippen MR) is 89.8 cm³/mol. The summed E-state index contributed by atoms with van der Waals surface area (Å²) < 4.78 is 0. The Bertz CT molecular complexity index is 378. The van der Waals surface area contributed by atoms with Gasteiger partial charge in [0.25, 0.3) is 0 Å². The van der Waals surface area contributed by atoms with Crippen molar-refractivity contribution in [3.63, 3.8) is 0 Å². The van der Waals surface area contributed by atoms with E-state index < -0.39 is 0 Å². The van der Waals surface area contributed by atoms with Crippen molar-refractivity contribution in [2.45, 2.75) is 81.8 Å². The fourth-order valence-corrected chi connectivity index (χ4v) is 4.93. The van der Waals surface area contributed by atoms with Gasteiger partial charge in [-0.2, -0.15) is 0 Å². The van der Waals surface area contributed by atoms with Crippen LogP contribution in [0, 0.1) is 5.92 Å². The van der Waals surface area contributed by atoms with E-state index >= 15 is 0 Å². The maximum atomic E-state index is 12.4. The molecule has 2 bridgehead atoms. The highest BCUT2D eigenvalue weighted by Crippen LogP contribution is 2.33. The van der Waals surface area contributed by atoms with Crippen molar-refractivity contribution >= 4 is 5.91 Å². The minimum Gasteiger partial charge on any atom is -0.354 e. The SMILES string of the molecule is CN(C)C1(CNC(=O)CC2CC3CCC(C2)N3)CCCCC1. The number of likely N-dealkylation sites (N-methyl/N-ethyl adjacent to an activating group) is 1. The van der Waals surface area contributed by atoms with Crippen LogP contribution in [0.1, 0.15) is 64.2 Å². The molecule has 3 aliphatic rings. The number of hydrogen-bond acceptors (Lipinski definition) is 3. The highest BCUT2D eigenvalue weighted by Gasteiger charge is 2.36.